The zero-order chi connectivity index (χ0) is 36.8. The Balaban J connectivity index is 4.20. The number of hydrogen-bond acceptors (Lipinski definition) is 5. The van der Waals surface area contributed by atoms with Crippen LogP contribution >= 0.6 is 0 Å². The second-order valence-corrected chi connectivity index (χ2v) is 15.1. The molecular weight excluding hydrogens is 624 g/mol. The minimum atomic E-state index is -1.00. The van der Waals surface area contributed by atoms with E-state index < -0.39 is 12.0 Å². The SMILES string of the molecule is CCCCCCCCCCCCCCCCCC(=O)OC(CCCCCCCCCCC)CCCCCCCC(=O)NC(CCCN)C(=O)O. The number of carbonyl (C=O) groups is 3. The fourth-order valence-electron chi connectivity index (χ4n) is 6.86. The van der Waals surface area contributed by atoms with Crippen molar-refractivity contribution in [2.75, 3.05) is 6.54 Å². The first-order valence-corrected chi connectivity index (χ1v) is 21.9. The van der Waals surface area contributed by atoms with Gasteiger partial charge >= 0.3 is 11.9 Å². The van der Waals surface area contributed by atoms with Crippen LogP contribution in [0.1, 0.15) is 239 Å². The van der Waals surface area contributed by atoms with Gasteiger partial charge in [0.15, 0.2) is 0 Å². The van der Waals surface area contributed by atoms with Crippen LogP contribution in [0.3, 0.4) is 0 Å². The van der Waals surface area contributed by atoms with Crippen LogP contribution in [0.2, 0.25) is 0 Å². The monoisotopic (exact) mass is 709 g/mol. The first-order valence-electron chi connectivity index (χ1n) is 21.9. The van der Waals surface area contributed by atoms with Gasteiger partial charge in [0.1, 0.15) is 12.1 Å². The predicted octanol–water partition coefficient (Wildman–Crippen LogP) is 12.1. The van der Waals surface area contributed by atoms with E-state index in [2.05, 4.69) is 19.2 Å². The van der Waals surface area contributed by atoms with Crippen LogP contribution in [0.15, 0.2) is 0 Å². The molecule has 0 radical (unpaired) electrons. The highest BCUT2D eigenvalue weighted by Gasteiger charge is 2.19. The van der Waals surface area contributed by atoms with Crippen molar-refractivity contribution < 1.29 is 24.2 Å². The molecule has 1 amide bonds. The molecule has 0 aromatic heterocycles. The van der Waals surface area contributed by atoms with E-state index in [0.29, 0.717) is 32.2 Å². The van der Waals surface area contributed by atoms with Crippen LogP contribution in [0.25, 0.3) is 0 Å². The molecule has 0 fully saturated rings. The van der Waals surface area contributed by atoms with Crippen LogP contribution in [-0.4, -0.2) is 41.6 Å². The molecule has 2 unspecified atom stereocenters. The number of carboxylic acids is 1. The second kappa shape index (κ2) is 38.6. The van der Waals surface area contributed by atoms with Gasteiger partial charge in [-0.15, -0.1) is 0 Å². The molecule has 296 valence electrons. The van der Waals surface area contributed by atoms with E-state index in [-0.39, 0.29) is 18.0 Å². The lowest BCUT2D eigenvalue weighted by molar-refractivity contribution is -0.150. The molecule has 0 saturated heterocycles. The third-order valence-electron chi connectivity index (χ3n) is 10.2. The van der Waals surface area contributed by atoms with Gasteiger partial charge in [-0.25, -0.2) is 4.79 Å². The average Bonchev–Trinajstić information content (AvgIpc) is 3.10. The molecule has 7 heteroatoms. The molecule has 0 rings (SSSR count). The number of nitrogens with two attached hydrogens (primary N) is 1. The van der Waals surface area contributed by atoms with Gasteiger partial charge in [0.25, 0.3) is 0 Å². The Bertz CT molecular complexity index is 762. The molecule has 7 nitrogen and oxygen atoms in total. The Morgan fingerprint density at radius 2 is 0.860 bits per heavy atom. The van der Waals surface area contributed by atoms with Gasteiger partial charge < -0.3 is 20.9 Å². The molecule has 0 aliphatic rings. The fraction of sp³-hybridized carbons (Fsp3) is 0.930. The summed E-state index contributed by atoms with van der Waals surface area (Å²) in [4.78, 5) is 36.3. The van der Waals surface area contributed by atoms with E-state index in [4.69, 9.17) is 10.5 Å². The zero-order valence-corrected chi connectivity index (χ0v) is 33.3. The number of esters is 1. The number of rotatable bonds is 40. The summed E-state index contributed by atoms with van der Waals surface area (Å²) in [5.41, 5.74) is 5.48. The van der Waals surface area contributed by atoms with Gasteiger partial charge in [-0.1, -0.05) is 174 Å². The molecule has 0 saturated carbocycles. The average molecular weight is 709 g/mol. The summed E-state index contributed by atoms with van der Waals surface area (Å²) in [7, 11) is 0. The molecule has 0 aromatic rings. The van der Waals surface area contributed by atoms with E-state index in [0.717, 1.165) is 64.2 Å². The molecule has 50 heavy (non-hydrogen) atoms. The normalized spacial score (nSPS) is 12.5. The Morgan fingerprint density at radius 1 is 0.500 bits per heavy atom. The summed E-state index contributed by atoms with van der Waals surface area (Å²) in [6.45, 7) is 4.95. The predicted molar refractivity (Wildman–Crippen MR) is 211 cm³/mol. The van der Waals surface area contributed by atoms with Crippen LogP contribution < -0.4 is 11.1 Å². The summed E-state index contributed by atoms with van der Waals surface area (Å²) >= 11 is 0. The van der Waals surface area contributed by atoms with Crippen LogP contribution in [0.5, 0.6) is 0 Å². The van der Waals surface area contributed by atoms with E-state index in [1.165, 1.54) is 135 Å². The number of amides is 1. The molecule has 0 bridgehead atoms. The molecule has 0 aliphatic carbocycles. The third kappa shape index (κ3) is 34.8. The lowest BCUT2D eigenvalue weighted by Gasteiger charge is -2.18. The van der Waals surface area contributed by atoms with Crippen molar-refractivity contribution in [3.05, 3.63) is 0 Å². The minimum Gasteiger partial charge on any atom is -0.480 e. The summed E-state index contributed by atoms with van der Waals surface area (Å²) in [5, 5.41) is 11.9. The lowest BCUT2D eigenvalue weighted by atomic mass is 10.0. The van der Waals surface area contributed by atoms with Gasteiger partial charge in [0, 0.05) is 12.8 Å². The van der Waals surface area contributed by atoms with E-state index in [1.807, 2.05) is 0 Å². The summed E-state index contributed by atoms with van der Waals surface area (Å²) < 4.78 is 6.04. The second-order valence-electron chi connectivity index (χ2n) is 15.1. The van der Waals surface area contributed by atoms with Crippen LogP contribution in [0, 0.1) is 0 Å². The van der Waals surface area contributed by atoms with E-state index >= 15 is 0 Å². The smallest absolute Gasteiger partial charge is 0.326 e. The maximum Gasteiger partial charge on any atom is 0.326 e. The first-order chi connectivity index (χ1) is 24.4. The molecule has 0 aliphatic heterocycles. The van der Waals surface area contributed by atoms with Crippen molar-refractivity contribution in [3.63, 3.8) is 0 Å². The highest BCUT2D eigenvalue weighted by molar-refractivity contribution is 5.83. The first kappa shape index (κ1) is 48.4. The minimum absolute atomic E-state index is 0.0160. The van der Waals surface area contributed by atoms with Crippen molar-refractivity contribution >= 4 is 17.8 Å². The molecule has 0 aromatic carbocycles. The van der Waals surface area contributed by atoms with Gasteiger partial charge in [0.05, 0.1) is 0 Å². The van der Waals surface area contributed by atoms with Crippen molar-refractivity contribution in [1.29, 1.82) is 0 Å². The molecular formula is C43H84N2O5. The van der Waals surface area contributed by atoms with Crippen molar-refractivity contribution in [3.8, 4) is 0 Å². The topological polar surface area (TPSA) is 119 Å². The molecule has 2 atom stereocenters. The van der Waals surface area contributed by atoms with Crippen LogP contribution in [0.4, 0.5) is 0 Å². The van der Waals surface area contributed by atoms with E-state index in [1.54, 1.807) is 0 Å². The Hall–Kier alpha value is -1.63. The number of nitrogens with one attached hydrogen (secondary N) is 1. The van der Waals surface area contributed by atoms with Gasteiger partial charge in [-0.3, -0.25) is 9.59 Å². The Labute approximate surface area is 309 Å². The Morgan fingerprint density at radius 3 is 1.24 bits per heavy atom. The van der Waals surface area contributed by atoms with Gasteiger partial charge in [-0.05, 0) is 57.9 Å². The maximum atomic E-state index is 12.8. The highest BCUT2D eigenvalue weighted by Crippen LogP contribution is 2.19. The summed E-state index contributed by atoms with van der Waals surface area (Å²) in [5.74, 6) is -1.21. The molecule has 4 N–H and O–H groups in total. The van der Waals surface area contributed by atoms with Crippen molar-refractivity contribution in [1.82, 2.24) is 5.32 Å². The van der Waals surface area contributed by atoms with E-state index in [9.17, 15) is 19.5 Å². The fourth-order valence-corrected chi connectivity index (χ4v) is 6.86. The van der Waals surface area contributed by atoms with Gasteiger partial charge in [-0.2, -0.15) is 0 Å². The lowest BCUT2D eigenvalue weighted by Crippen LogP contribution is -2.40. The molecule has 0 heterocycles. The zero-order valence-electron chi connectivity index (χ0n) is 33.3. The quantitative estimate of drug-likeness (QED) is 0.0430. The summed E-state index contributed by atoms with van der Waals surface area (Å²) in [6.07, 6.45) is 40.0. The molecule has 0 spiro atoms. The standard InChI is InChI=1S/C43H84N2O5/c1-3-5-7-9-11-13-14-15-16-17-18-20-22-27-31-37-42(47)50-39(33-28-24-21-19-12-10-8-6-4-2)34-29-25-23-26-30-36-41(46)45-40(43(48)49)35-32-38-44/h39-40H,3-38,44H2,1-2H3,(H,45,46)(H,48,49). The highest BCUT2D eigenvalue weighted by atomic mass is 16.5. The summed E-state index contributed by atoms with van der Waals surface area (Å²) in [6, 6.07) is -0.851. The Kier molecular flexibility index (Phi) is 37.3. The number of carbonyl (C=O) groups excluding carboxylic acids is 2. The van der Waals surface area contributed by atoms with Crippen molar-refractivity contribution in [2.24, 2.45) is 5.73 Å². The number of ether oxygens (including phenoxy) is 1. The van der Waals surface area contributed by atoms with Gasteiger partial charge in [0.2, 0.25) is 5.91 Å². The number of aliphatic carboxylic acids is 1. The number of hydrogen-bond donors (Lipinski definition) is 3. The van der Waals surface area contributed by atoms with Crippen molar-refractivity contribution in [2.45, 2.75) is 251 Å². The maximum absolute atomic E-state index is 12.8. The largest absolute Gasteiger partial charge is 0.480 e. The number of unbranched alkanes of at least 4 members (excludes halogenated alkanes) is 26. The third-order valence-corrected chi connectivity index (χ3v) is 10.2. The number of carboxylic acid groups (broad SMARTS) is 1. The van der Waals surface area contributed by atoms with Crippen LogP contribution in [-0.2, 0) is 19.1 Å².